The Balaban J connectivity index is 1.27. The quantitative estimate of drug-likeness (QED) is 0.0581. The molecule has 3 aromatic carbocycles. The molecule has 20 heteroatoms. The predicted octanol–water partition coefficient (Wildman–Crippen LogP) is 8.43. The van der Waals surface area contributed by atoms with E-state index in [0.29, 0.717) is 10.3 Å². The lowest BCUT2D eigenvalue weighted by Gasteiger charge is -2.26. The minimum absolute atomic E-state index is 0.132. The van der Waals surface area contributed by atoms with Crippen LogP contribution in [-0.4, -0.2) is 62.7 Å². The first-order chi connectivity index (χ1) is 27.2. The molecule has 0 saturated carbocycles. The number of hydrogen-bond donors (Lipinski definition) is 1. The molecule has 17 nitrogen and oxygen atoms in total. The summed E-state index contributed by atoms with van der Waals surface area (Å²) < 4.78 is 82.3. The number of anilines is 1. The number of carbonyl (C=O) groups excluding carboxylic acids is 2. The van der Waals surface area contributed by atoms with Gasteiger partial charge in [-0.1, -0.05) is 42.5 Å². The molecule has 1 aliphatic rings. The minimum Gasteiger partial charge on any atom is -0.450 e. The number of alkyl halides is 2. The van der Waals surface area contributed by atoms with Crippen molar-refractivity contribution in [2.45, 2.75) is 83.7 Å². The molecule has 1 aliphatic heterocycles. The number of aromatic nitrogens is 2. The van der Waals surface area contributed by atoms with E-state index < -0.39 is 79.9 Å². The van der Waals surface area contributed by atoms with Crippen LogP contribution in [0, 0.1) is 10.1 Å². The molecule has 1 aromatic heterocycles. The number of hydrogen-bond acceptors (Lipinski definition) is 14. The summed E-state index contributed by atoms with van der Waals surface area (Å²) in [4.78, 5) is 52.3. The molecular weight excluding hydrogens is 789 g/mol. The highest BCUT2D eigenvalue weighted by Gasteiger charge is 2.63. The van der Waals surface area contributed by atoms with Gasteiger partial charge in [-0.2, -0.15) is 13.8 Å². The van der Waals surface area contributed by atoms with Gasteiger partial charge in [0.2, 0.25) is 18.1 Å². The Labute approximate surface area is 331 Å². The van der Waals surface area contributed by atoms with Crippen molar-refractivity contribution >= 4 is 32.0 Å². The van der Waals surface area contributed by atoms with Gasteiger partial charge in [-0.3, -0.25) is 24.6 Å². The maximum absolute atomic E-state index is 16.0. The number of benzene rings is 3. The summed E-state index contributed by atoms with van der Waals surface area (Å²) in [6.45, 7) is 7.96. The second kappa shape index (κ2) is 17.8. The molecule has 5 rings (SSSR count). The van der Waals surface area contributed by atoms with Crippen LogP contribution in [-0.2, 0) is 39.2 Å². The van der Waals surface area contributed by atoms with Crippen molar-refractivity contribution in [2.75, 3.05) is 11.9 Å². The summed E-state index contributed by atoms with van der Waals surface area (Å²) in [6.07, 6.45) is -8.23. The summed E-state index contributed by atoms with van der Waals surface area (Å²) in [6, 6.07) is 21.3. The molecule has 1 fully saturated rings. The third kappa shape index (κ3) is 11.7. The van der Waals surface area contributed by atoms with Gasteiger partial charge in [0.05, 0.1) is 18.1 Å². The van der Waals surface area contributed by atoms with E-state index in [9.17, 15) is 29.1 Å². The molecule has 4 unspecified atom stereocenters. The molecule has 0 aliphatic carbocycles. The van der Waals surface area contributed by atoms with Crippen molar-refractivity contribution in [1.82, 2.24) is 9.55 Å². The minimum atomic E-state index is -4.12. The van der Waals surface area contributed by atoms with Gasteiger partial charge in [-0.05, 0) is 88.6 Å². The molecular formula is C38H41F2N4O13P. The summed E-state index contributed by atoms with van der Waals surface area (Å²) in [5.41, 5.74) is -1.50. The number of amides is 1. The maximum atomic E-state index is 16.0. The Morgan fingerprint density at radius 3 is 2.22 bits per heavy atom. The van der Waals surface area contributed by atoms with E-state index in [-0.39, 0.29) is 22.8 Å². The average Bonchev–Trinajstić information content (AvgIpc) is 3.37. The Morgan fingerprint density at radius 1 is 0.948 bits per heavy atom. The highest BCUT2D eigenvalue weighted by atomic mass is 31.1. The topological polar surface area (TPSA) is 206 Å². The lowest BCUT2D eigenvalue weighted by atomic mass is 10.1. The largest absolute Gasteiger partial charge is 0.509 e. The molecule has 2 heterocycles. The van der Waals surface area contributed by atoms with Gasteiger partial charge < -0.3 is 32.7 Å². The van der Waals surface area contributed by atoms with Gasteiger partial charge in [0, 0.05) is 12.3 Å². The molecule has 1 saturated heterocycles. The molecule has 0 spiro atoms. The number of rotatable bonds is 13. The van der Waals surface area contributed by atoms with Crippen molar-refractivity contribution in [2.24, 2.45) is 0 Å². The van der Waals surface area contributed by atoms with E-state index in [1.807, 2.05) is 30.3 Å². The second-order valence-corrected chi connectivity index (χ2v) is 15.8. The normalized spacial score (nSPS) is 18.2. The van der Waals surface area contributed by atoms with Crippen LogP contribution in [0.2, 0.25) is 0 Å². The Bertz CT molecular complexity index is 2190. The zero-order chi connectivity index (χ0) is 42.4. The van der Waals surface area contributed by atoms with Crippen molar-refractivity contribution in [1.29, 1.82) is 0 Å². The fourth-order valence-electron chi connectivity index (χ4n) is 5.38. The summed E-state index contributed by atoms with van der Waals surface area (Å²) in [5, 5.41) is 14.0. The Morgan fingerprint density at radius 2 is 1.60 bits per heavy atom. The molecule has 0 radical (unpaired) electrons. The lowest BCUT2D eigenvalue weighted by molar-refractivity contribution is -0.385. The SMILES string of the molecule is CC(C)(C)OC(=O)Nc1ccn(C2OC(CO[PH](=O)OCc3ccc([N+](=O)[O-])c(Oc4ccc(-c5ccccc5)cc4)c3)C(OC(=O)OC(C)(C)C)C2(F)F)c(=O)n1. The number of carbonyl (C=O) groups is 2. The molecule has 4 atom stereocenters. The zero-order valence-corrected chi connectivity index (χ0v) is 33.1. The molecule has 1 N–H and O–H groups in total. The second-order valence-electron chi connectivity index (χ2n) is 14.7. The van der Waals surface area contributed by atoms with Crippen LogP contribution >= 0.6 is 8.25 Å². The van der Waals surface area contributed by atoms with Crippen molar-refractivity contribution in [3.05, 3.63) is 111 Å². The number of halogens is 2. The standard InChI is InChI=1S/C38H41F2N4O13P/c1-36(2,3)56-34(46)42-30-18-19-43(33(45)41-30)32-38(39,40)31(55-35(47)57-37(4,5)6)29(54-32)22-52-58(50)51-21-23-12-17-27(44(48)49)28(20-23)53-26-15-13-25(14-16-26)24-10-8-7-9-11-24/h7-20,29,31-32,58H,21-22H2,1-6H3,(H,41,42,45,46). The highest BCUT2D eigenvalue weighted by molar-refractivity contribution is 7.33. The molecule has 310 valence electrons. The smallest absolute Gasteiger partial charge is 0.450 e. The van der Waals surface area contributed by atoms with Crippen LogP contribution in [0.4, 0.5) is 29.9 Å². The first kappa shape index (κ1) is 43.4. The van der Waals surface area contributed by atoms with Gasteiger partial charge in [-0.25, -0.2) is 14.4 Å². The van der Waals surface area contributed by atoms with Crippen LogP contribution < -0.4 is 15.7 Å². The fraction of sp³-hybridized carbons (Fsp3) is 0.368. The molecule has 1 amide bonds. The van der Waals surface area contributed by atoms with Crippen LogP contribution in [0.3, 0.4) is 0 Å². The van der Waals surface area contributed by atoms with Gasteiger partial charge in [-0.15, -0.1) is 0 Å². The monoisotopic (exact) mass is 830 g/mol. The van der Waals surface area contributed by atoms with Gasteiger partial charge in [0.15, 0.2) is 0 Å². The average molecular weight is 831 g/mol. The van der Waals surface area contributed by atoms with E-state index in [1.54, 1.807) is 45.0 Å². The number of nitrogens with one attached hydrogen (secondary N) is 1. The van der Waals surface area contributed by atoms with Crippen LogP contribution in [0.15, 0.2) is 89.9 Å². The third-order valence-corrected chi connectivity index (χ3v) is 8.59. The van der Waals surface area contributed by atoms with E-state index in [4.69, 9.17) is 32.7 Å². The highest BCUT2D eigenvalue weighted by Crippen LogP contribution is 2.45. The molecule has 0 bridgehead atoms. The Hall–Kier alpha value is -5.75. The van der Waals surface area contributed by atoms with E-state index in [1.165, 1.54) is 39.0 Å². The van der Waals surface area contributed by atoms with E-state index in [0.717, 1.165) is 23.4 Å². The van der Waals surface area contributed by atoms with Crippen molar-refractivity contribution in [3.63, 3.8) is 0 Å². The first-order valence-electron chi connectivity index (χ1n) is 17.6. The van der Waals surface area contributed by atoms with Crippen LogP contribution in [0.5, 0.6) is 11.5 Å². The first-order valence-corrected chi connectivity index (χ1v) is 18.8. The van der Waals surface area contributed by atoms with E-state index >= 15 is 8.78 Å². The number of ether oxygens (including phenoxy) is 5. The van der Waals surface area contributed by atoms with Crippen molar-refractivity contribution < 1.29 is 60.6 Å². The van der Waals surface area contributed by atoms with Gasteiger partial charge in [0.1, 0.15) is 28.9 Å². The lowest BCUT2D eigenvalue weighted by Crippen LogP contribution is -2.45. The summed E-state index contributed by atoms with van der Waals surface area (Å²) >= 11 is 0. The molecule has 4 aromatic rings. The number of nitrogens with zero attached hydrogens (tertiary/aromatic N) is 3. The zero-order valence-electron chi connectivity index (χ0n) is 32.1. The van der Waals surface area contributed by atoms with Crippen LogP contribution in [0.25, 0.3) is 11.1 Å². The van der Waals surface area contributed by atoms with Crippen molar-refractivity contribution in [3.8, 4) is 22.6 Å². The van der Waals surface area contributed by atoms with Gasteiger partial charge in [0.25, 0.3) is 0 Å². The number of nitro groups is 1. The maximum Gasteiger partial charge on any atom is 0.509 e. The summed E-state index contributed by atoms with van der Waals surface area (Å²) in [7, 11) is -3.49. The Kier molecular flexibility index (Phi) is 13.3. The van der Waals surface area contributed by atoms with Crippen LogP contribution in [0.1, 0.15) is 53.3 Å². The third-order valence-electron chi connectivity index (χ3n) is 7.81. The summed E-state index contributed by atoms with van der Waals surface area (Å²) in [5.74, 6) is -4.26. The number of nitro benzene ring substituents is 1. The van der Waals surface area contributed by atoms with E-state index in [2.05, 4.69) is 10.3 Å². The fourth-order valence-corrected chi connectivity index (χ4v) is 6.05. The predicted molar refractivity (Wildman–Crippen MR) is 203 cm³/mol. The van der Waals surface area contributed by atoms with Gasteiger partial charge >= 0.3 is 37.8 Å². The molecule has 58 heavy (non-hydrogen) atoms.